The number of aromatic nitrogens is 1. The van der Waals surface area contributed by atoms with E-state index in [2.05, 4.69) is 10.3 Å². The minimum absolute atomic E-state index is 0. The van der Waals surface area contributed by atoms with Gasteiger partial charge in [0, 0.05) is 24.5 Å². The van der Waals surface area contributed by atoms with Crippen molar-refractivity contribution < 1.29 is 13.9 Å². The Balaban J connectivity index is 0.00000192. The lowest BCUT2D eigenvalue weighted by atomic mass is 9.92. The fraction of sp³-hybridized carbons (Fsp3) is 0.375. The molecule has 0 bridgehead atoms. The molecular weight excluding hydrogens is 318 g/mol. The molecule has 0 radical (unpaired) electrons. The molecule has 1 amide bonds. The lowest BCUT2D eigenvalue weighted by molar-refractivity contribution is -0.119. The Hall–Kier alpha value is -1.89. The van der Waals surface area contributed by atoms with E-state index in [0.29, 0.717) is 19.0 Å². The fourth-order valence-corrected chi connectivity index (χ4v) is 2.59. The van der Waals surface area contributed by atoms with E-state index in [-0.39, 0.29) is 24.2 Å². The summed E-state index contributed by atoms with van der Waals surface area (Å²) in [6.07, 6.45) is 4.70. The highest BCUT2D eigenvalue weighted by molar-refractivity contribution is 5.95. The monoisotopic (exact) mass is 337 g/mol. The van der Waals surface area contributed by atoms with Crippen molar-refractivity contribution in [2.24, 2.45) is 11.7 Å². The molecule has 1 unspecified atom stereocenters. The van der Waals surface area contributed by atoms with Crippen LogP contribution in [0.2, 0.25) is 0 Å². The highest BCUT2D eigenvalue weighted by atomic mass is 35.5. The van der Waals surface area contributed by atoms with Gasteiger partial charge in [-0.05, 0) is 43.0 Å². The van der Waals surface area contributed by atoms with Crippen LogP contribution in [0, 0.1) is 5.92 Å². The minimum atomic E-state index is -0.502. The quantitative estimate of drug-likeness (QED) is 0.894. The summed E-state index contributed by atoms with van der Waals surface area (Å²) < 4.78 is 10.5. The van der Waals surface area contributed by atoms with Crippen LogP contribution in [0.15, 0.2) is 41.3 Å². The Labute approximate surface area is 140 Å². The number of nitrogens with one attached hydrogen (secondary N) is 1. The summed E-state index contributed by atoms with van der Waals surface area (Å²) in [5.74, 6) is 0.721. The Morgan fingerprint density at radius 2 is 1.96 bits per heavy atom. The van der Waals surface area contributed by atoms with Crippen LogP contribution in [-0.2, 0) is 9.53 Å². The first-order valence-electron chi connectivity index (χ1n) is 7.37. The number of halogens is 1. The van der Waals surface area contributed by atoms with E-state index in [0.717, 1.165) is 24.1 Å². The molecule has 1 aliphatic heterocycles. The largest absolute Gasteiger partial charge is 0.444 e. The molecule has 1 aromatic heterocycles. The van der Waals surface area contributed by atoms with E-state index >= 15 is 0 Å². The minimum Gasteiger partial charge on any atom is -0.444 e. The first-order valence-corrected chi connectivity index (χ1v) is 7.37. The summed E-state index contributed by atoms with van der Waals surface area (Å²) in [5, 5.41) is 2.86. The number of oxazole rings is 1. The second kappa shape index (κ2) is 8.10. The SMILES string of the molecule is Cl.NC(C(=O)Nc1ccc(-c2cnco2)cc1)C1CCOCC1. The van der Waals surface area contributed by atoms with Crippen molar-refractivity contribution in [3.63, 3.8) is 0 Å². The van der Waals surface area contributed by atoms with Gasteiger partial charge in [0.15, 0.2) is 12.2 Å². The Morgan fingerprint density at radius 3 is 2.57 bits per heavy atom. The zero-order valence-electron chi connectivity index (χ0n) is 12.6. The van der Waals surface area contributed by atoms with Crippen LogP contribution >= 0.6 is 12.4 Å². The average molecular weight is 338 g/mol. The number of ether oxygens (including phenoxy) is 1. The number of hydrogen-bond acceptors (Lipinski definition) is 5. The van der Waals surface area contributed by atoms with Gasteiger partial charge in [0.25, 0.3) is 0 Å². The Bertz CT molecular complexity index is 610. The molecule has 1 aromatic carbocycles. The van der Waals surface area contributed by atoms with Crippen molar-refractivity contribution in [2.75, 3.05) is 18.5 Å². The van der Waals surface area contributed by atoms with Gasteiger partial charge >= 0.3 is 0 Å². The molecule has 1 saturated heterocycles. The van der Waals surface area contributed by atoms with E-state index in [1.54, 1.807) is 6.20 Å². The van der Waals surface area contributed by atoms with Crippen molar-refractivity contribution in [3.05, 3.63) is 36.9 Å². The molecule has 1 fully saturated rings. The number of carbonyl (C=O) groups excluding carboxylic acids is 1. The lowest BCUT2D eigenvalue weighted by Crippen LogP contribution is -2.43. The fourth-order valence-electron chi connectivity index (χ4n) is 2.59. The van der Waals surface area contributed by atoms with Crippen molar-refractivity contribution in [3.8, 4) is 11.3 Å². The number of benzene rings is 1. The van der Waals surface area contributed by atoms with E-state index in [1.165, 1.54) is 6.39 Å². The van der Waals surface area contributed by atoms with Crippen LogP contribution in [0.4, 0.5) is 5.69 Å². The number of nitrogens with zero attached hydrogens (tertiary/aromatic N) is 1. The Kier molecular flexibility index (Phi) is 6.15. The van der Waals surface area contributed by atoms with E-state index < -0.39 is 6.04 Å². The first-order chi connectivity index (χ1) is 10.7. The molecule has 23 heavy (non-hydrogen) atoms. The average Bonchev–Trinajstić information content (AvgIpc) is 3.10. The number of carbonyl (C=O) groups is 1. The van der Waals surface area contributed by atoms with Crippen LogP contribution in [0.3, 0.4) is 0 Å². The third-order valence-electron chi connectivity index (χ3n) is 3.95. The summed E-state index contributed by atoms with van der Waals surface area (Å²) in [6, 6.07) is 6.89. The normalized spacial score (nSPS) is 16.4. The third kappa shape index (κ3) is 4.31. The predicted molar refractivity (Wildman–Crippen MR) is 89.3 cm³/mol. The molecule has 2 heterocycles. The summed E-state index contributed by atoms with van der Waals surface area (Å²) in [6.45, 7) is 1.36. The lowest BCUT2D eigenvalue weighted by Gasteiger charge is -2.26. The molecule has 0 aliphatic carbocycles. The molecule has 1 aliphatic rings. The van der Waals surface area contributed by atoms with Gasteiger partial charge in [0.1, 0.15) is 0 Å². The molecule has 124 valence electrons. The Morgan fingerprint density at radius 1 is 1.26 bits per heavy atom. The number of amides is 1. The van der Waals surface area contributed by atoms with Gasteiger partial charge in [0.2, 0.25) is 5.91 Å². The zero-order valence-corrected chi connectivity index (χ0v) is 13.4. The molecule has 1 atom stereocenters. The van der Waals surface area contributed by atoms with E-state index in [4.69, 9.17) is 14.9 Å². The second-order valence-electron chi connectivity index (χ2n) is 5.41. The molecule has 2 aromatic rings. The van der Waals surface area contributed by atoms with Gasteiger partial charge in [-0.15, -0.1) is 12.4 Å². The van der Waals surface area contributed by atoms with Crippen molar-refractivity contribution >= 4 is 24.0 Å². The van der Waals surface area contributed by atoms with Gasteiger partial charge in [-0.2, -0.15) is 0 Å². The standard InChI is InChI=1S/C16H19N3O3.ClH/c17-15(12-5-7-21-8-6-12)16(20)19-13-3-1-11(2-4-13)14-9-18-10-22-14;/h1-4,9-10,12,15H,5-8,17H2,(H,19,20);1H. The maximum Gasteiger partial charge on any atom is 0.241 e. The molecule has 0 spiro atoms. The second-order valence-corrected chi connectivity index (χ2v) is 5.41. The number of rotatable bonds is 4. The number of nitrogens with two attached hydrogens (primary N) is 1. The highest BCUT2D eigenvalue weighted by Crippen LogP contribution is 2.22. The van der Waals surface area contributed by atoms with Crippen molar-refractivity contribution in [1.29, 1.82) is 0 Å². The van der Waals surface area contributed by atoms with Crippen molar-refractivity contribution in [1.82, 2.24) is 4.98 Å². The highest BCUT2D eigenvalue weighted by Gasteiger charge is 2.26. The summed E-state index contributed by atoms with van der Waals surface area (Å²) in [7, 11) is 0. The summed E-state index contributed by atoms with van der Waals surface area (Å²) >= 11 is 0. The maximum atomic E-state index is 12.2. The predicted octanol–water partition coefficient (Wildman–Crippen LogP) is 2.46. The van der Waals surface area contributed by atoms with Gasteiger partial charge < -0.3 is 20.2 Å². The number of hydrogen-bond donors (Lipinski definition) is 2. The molecule has 7 heteroatoms. The maximum absolute atomic E-state index is 12.2. The smallest absolute Gasteiger partial charge is 0.241 e. The molecule has 3 N–H and O–H groups in total. The summed E-state index contributed by atoms with van der Waals surface area (Å²) in [4.78, 5) is 16.1. The topological polar surface area (TPSA) is 90.4 Å². The van der Waals surface area contributed by atoms with Gasteiger partial charge in [0.05, 0.1) is 12.2 Å². The zero-order chi connectivity index (χ0) is 15.4. The van der Waals surface area contributed by atoms with Crippen molar-refractivity contribution in [2.45, 2.75) is 18.9 Å². The van der Waals surface area contributed by atoms with Crippen LogP contribution in [0.25, 0.3) is 11.3 Å². The van der Waals surface area contributed by atoms with E-state index in [1.807, 2.05) is 24.3 Å². The van der Waals surface area contributed by atoms with Gasteiger partial charge in [-0.25, -0.2) is 4.98 Å². The van der Waals surface area contributed by atoms with Gasteiger partial charge in [-0.3, -0.25) is 4.79 Å². The first kappa shape index (κ1) is 17.5. The van der Waals surface area contributed by atoms with Crippen LogP contribution in [-0.4, -0.2) is 30.1 Å². The third-order valence-corrected chi connectivity index (χ3v) is 3.95. The molecular formula is C16H20ClN3O3. The molecule has 6 nitrogen and oxygen atoms in total. The van der Waals surface area contributed by atoms with Crippen LogP contribution in [0.1, 0.15) is 12.8 Å². The molecule has 0 saturated carbocycles. The molecule has 3 rings (SSSR count). The van der Waals surface area contributed by atoms with E-state index in [9.17, 15) is 4.79 Å². The summed E-state index contributed by atoms with van der Waals surface area (Å²) in [5.41, 5.74) is 7.68. The van der Waals surface area contributed by atoms with Crippen LogP contribution in [0.5, 0.6) is 0 Å². The van der Waals surface area contributed by atoms with Crippen LogP contribution < -0.4 is 11.1 Å². The number of anilines is 1. The van der Waals surface area contributed by atoms with Gasteiger partial charge in [-0.1, -0.05) is 0 Å².